The van der Waals surface area contributed by atoms with E-state index >= 15 is 0 Å². The Bertz CT molecular complexity index is 793. The first kappa shape index (κ1) is 15.2. The van der Waals surface area contributed by atoms with Gasteiger partial charge in [0.2, 0.25) is 0 Å². The van der Waals surface area contributed by atoms with Crippen LogP contribution in [0.25, 0.3) is 10.9 Å². The molecule has 0 bridgehead atoms. The summed E-state index contributed by atoms with van der Waals surface area (Å²) in [6.07, 6.45) is 0.803. The summed E-state index contributed by atoms with van der Waals surface area (Å²) in [6.45, 7) is 2.69. The Morgan fingerprint density at radius 2 is 1.96 bits per heavy atom. The van der Waals surface area contributed by atoms with Crippen molar-refractivity contribution in [1.82, 2.24) is 10.3 Å². The Balaban J connectivity index is 1.45. The average Bonchev–Trinajstić information content (AvgIpc) is 2.93. The first-order chi connectivity index (χ1) is 11.2. The van der Waals surface area contributed by atoms with Gasteiger partial charge < -0.3 is 15.0 Å². The molecule has 1 heterocycles. The minimum absolute atomic E-state index is 0.0417. The molecule has 118 valence electrons. The third kappa shape index (κ3) is 4.13. The van der Waals surface area contributed by atoms with Crippen LogP contribution in [0.4, 0.5) is 0 Å². The highest BCUT2D eigenvalue weighted by molar-refractivity contribution is 5.81. The van der Waals surface area contributed by atoms with E-state index in [0.717, 1.165) is 17.6 Å². The van der Waals surface area contributed by atoms with Gasteiger partial charge >= 0.3 is 0 Å². The number of benzene rings is 2. The van der Waals surface area contributed by atoms with E-state index < -0.39 is 0 Å². The van der Waals surface area contributed by atoms with Gasteiger partial charge in [-0.25, -0.2) is 0 Å². The second-order valence-corrected chi connectivity index (χ2v) is 5.58. The van der Waals surface area contributed by atoms with Gasteiger partial charge in [0, 0.05) is 17.8 Å². The lowest BCUT2D eigenvalue weighted by Crippen LogP contribution is -2.30. The molecule has 0 aliphatic heterocycles. The van der Waals surface area contributed by atoms with Gasteiger partial charge in [0.05, 0.1) is 0 Å². The van der Waals surface area contributed by atoms with Crippen LogP contribution < -0.4 is 10.1 Å². The van der Waals surface area contributed by atoms with Crippen molar-refractivity contribution in [3.8, 4) is 5.75 Å². The molecule has 1 amide bonds. The lowest BCUT2D eigenvalue weighted by atomic mass is 10.1. The zero-order valence-corrected chi connectivity index (χ0v) is 13.1. The molecule has 4 nitrogen and oxygen atoms in total. The summed E-state index contributed by atoms with van der Waals surface area (Å²) in [5, 5.41) is 4.09. The highest BCUT2D eigenvalue weighted by Gasteiger charge is 2.03. The van der Waals surface area contributed by atoms with Crippen LogP contribution in [0.15, 0.2) is 54.6 Å². The average molecular weight is 308 g/mol. The number of para-hydroxylation sites is 1. The van der Waals surface area contributed by atoms with E-state index in [1.165, 1.54) is 10.9 Å². The highest BCUT2D eigenvalue weighted by atomic mass is 16.5. The van der Waals surface area contributed by atoms with Crippen molar-refractivity contribution < 1.29 is 9.53 Å². The van der Waals surface area contributed by atoms with Crippen molar-refractivity contribution in [3.63, 3.8) is 0 Å². The number of nitrogens with one attached hydrogen (secondary N) is 2. The minimum Gasteiger partial charge on any atom is -0.484 e. The van der Waals surface area contributed by atoms with Gasteiger partial charge in [-0.2, -0.15) is 0 Å². The molecule has 0 spiro atoms. The molecule has 0 aliphatic carbocycles. The fraction of sp³-hybridized carbons (Fsp3) is 0.211. The van der Waals surface area contributed by atoms with Crippen LogP contribution in [0.3, 0.4) is 0 Å². The third-order valence-electron chi connectivity index (χ3n) is 3.67. The molecule has 0 aliphatic rings. The zero-order valence-electron chi connectivity index (χ0n) is 13.1. The number of aromatic nitrogens is 1. The number of carbonyl (C=O) groups excluding carboxylic acids is 1. The number of rotatable bonds is 6. The van der Waals surface area contributed by atoms with E-state index in [1.807, 2.05) is 37.3 Å². The Kier molecular flexibility index (Phi) is 4.62. The largest absolute Gasteiger partial charge is 0.484 e. The molecule has 4 heteroatoms. The molecular weight excluding hydrogens is 288 g/mol. The molecule has 1 aromatic heterocycles. The SMILES string of the molecule is Cc1cc2cc(CCNC(=O)COc3ccccc3)ccc2[nH]1. The maximum absolute atomic E-state index is 11.8. The van der Waals surface area contributed by atoms with Gasteiger partial charge in [0.15, 0.2) is 6.61 Å². The van der Waals surface area contributed by atoms with E-state index in [0.29, 0.717) is 12.3 Å². The first-order valence-corrected chi connectivity index (χ1v) is 7.73. The van der Waals surface area contributed by atoms with Crippen molar-refractivity contribution in [1.29, 1.82) is 0 Å². The summed E-state index contributed by atoms with van der Waals surface area (Å²) in [7, 11) is 0. The molecule has 0 unspecified atom stereocenters. The van der Waals surface area contributed by atoms with Crippen molar-refractivity contribution in [2.45, 2.75) is 13.3 Å². The minimum atomic E-state index is -0.104. The first-order valence-electron chi connectivity index (χ1n) is 7.73. The molecule has 0 radical (unpaired) electrons. The molecule has 0 saturated heterocycles. The Morgan fingerprint density at radius 1 is 1.13 bits per heavy atom. The standard InChI is InChI=1S/C19H20N2O2/c1-14-11-16-12-15(7-8-18(16)21-14)9-10-20-19(22)13-23-17-5-3-2-4-6-17/h2-8,11-12,21H,9-10,13H2,1H3,(H,20,22). The molecule has 2 aromatic carbocycles. The van der Waals surface area contributed by atoms with Gasteiger partial charge in [0.25, 0.3) is 5.91 Å². The van der Waals surface area contributed by atoms with Gasteiger partial charge in [-0.05, 0) is 54.6 Å². The number of H-pyrrole nitrogens is 1. The number of fused-ring (bicyclic) bond motifs is 1. The summed E-state index contributed by atoms with van der Waals surface area (Å²) in [4.78, 5) is 15.1. The quantitative estimate of drug-likeness (QED) is 0.734. The van der Waals surface area contributed by atoms with Crippen LogP contribution in [0, 0.1) is 6.92 Å². The topological polar surface area (TPSA) is 54.1 Å². The second kappa shape index (κ2) is 7.01. The second-order valence-electron chi connectivity index (χ2n) is 5.58. The number of hydrogen-bond donors (Lipinski definition) is 2. The molecule has 0 atom stereocenters. The maximum Gasteiger partial charge on any atom is 0.257 e. The van der Waals surface area contributed by atoms with Crippen LogP contribution in [-0.4, -0.2) is 24.0 Å². The predicted octanol–water partition coefficient (Wildman–Crippen LogP) is 3.21. The van der Waals surface area contributed by atoms with Crippen LogP contribution in [0.2, 0.25) is 0 Å². The normalized spacial score (nSPS) is 10.7. The fourth-order valence-electron chi connectivity index (χ4n) is 2.55. The number of amides is 1. The fourth-order valence-corrected chi connectivity index (χ4v) is 2.55. The summed E-state index contributed by atoms with van der Waals surface area (Å²) >= 11 is 0. The molecule has 3 rings (SSSR count). The Morgan fingerprint density at radius 3 is 2.78 bits per heavy atom. The summed E-state index contributed by atoms with van der Waals surface area (Å²) in [6, 6.07) is 17.8. The van der Waals surface area contributed by atoms with Crippen LogP contribution in [0.1, 0.15) is 11.3 Å². The molecule has 2 N–H and O–H groups in total. The van der Waals surface area contributed by atoms with Gasteiger partial charge in [-0.3, -0.25) is 4.79 Å². The van der Waals surface area contributed by atoms with Crippen molar-refractivity contribution in [3.05, 3.63) is 65.9 Å². The van der Waals surface area contributed by atoms with Gasteiger partial charge in [0.1, 0.15) is 5.75 Å². The zero-order chi connectivity index (χ0) is 16.1. The van der Waals surface area contributed by atoms with Crippen LogP contribution >= 0.6 is 0 Å². The Hall–Kier alpha value is -2.75. The van der Waals surface area contributed by atoms with E-state index in [9.17, 15) is 4.79 Å². The van der Waals surface area contributed by atoms with E-state index in [4.69, 9.17) is 4.74 Å². The third-order valence-corrected chi connectivity index (χ3v) is 3.67. The number of ether oxygens (including phenoxy) is 1. The lowest BCUT2D eigenvalue weighted by molar-refractivity contribution is -0.123. The summed E-state index contributed by atoms with van der Waals surface area (Å²) in [5.41, 5.74) is 3.51. The number of hydrogen-bond acceptors (Lipinski definition) is 2. The van der Waals surface area contributed by atoms with Crippen molar-refractivity contribution in [2.24, 2.45) is 0 Å². The number of aryl methyl sites for hydroxylation is 1. The maximum atomic E-state index is 11.8. The van der Waals surface area contributed by atoms with Crippen molar-refractivity contribution in [2.75, 3.05) is 13.2 Å². The molecule has 0 fully saturated rings. The lowest BCUT2D eigenvalue weighted by Gasteiger charge is -2.07. The van der Waals surface area contributed by atoms with Gasteiger partial charge in [-0.1, -0.05) is 24.3 Å². The van der Waals surface area contributed by atoms with E-state index in [1.54, 1.807) is 0 Å². The Labute approximate surface area is 135 Å². The van der Waals surface area contributed by atoms with E-state index in [-0.39, 0.29) is 12.5 Å². The number of carbonyl (C=O) groups is 1. The van der Waals surface area contributed by atoms with Gasteiger partial charge in [-0.15, -0.1) is 0 Å². The number of aromatic amines is 1. The molecule has 23 heavy (non-hydrogen) atoms. The van der Waals surface area contributed by atoms with Crippen LogP contribution in [0.5, 0.6) is 5.75 Å². The summed E-state index contributed by atoms with van der Waals surface area (Å²) in [5.74, 6) is 0.600. The smallest absolute Gasteiger partial charge is 0.257 e. The van der Waals surface area contributed by atoms with Crippen molar-refractivity contribution >= 4 is 16.8 Å². The highest BCUT2D eigenvalue weighted by Crippen LogP contribution is 2.17. The predicted molar refractivity (Wildman–Crippen MR) is 91.7 cm³/mol. The molecular formula is C19H20N2O2. The monoisotopic (exact) mass is 308 g/mol. The summed E-state index contributed by atoms with van der Waals surface area (Å²) < 4.78 is 5.41. The van der Waals surface area contributed by atoms with E-state index in [2.05, 4.69) is 34.6 Å². The van der Waals surface area contributed by atoms with Crippen LogP contribution in [-0.2, 0) is 11.2 Å². The molecule has 0 saturated carbocycles. The molecule has 3 aromatic rings.